The summed E-state index contributed by atoms with van der Waals surface area (Å²) in [7, 11) is 0. The molecule has 1 aliphatic rings. The minimum absolute atomic E-state index is 0.181. The van der Waals surface area contributed by atoms with Gasteiger partial charge in [-0.15, -0.1) is 0 Å². The average Bonchev–Trinajstić information content (AvgIpc) is 1.46. The molecule has 91 heavy (non-hydrogen) atoms. The first kappa shape index (κ1) is 87.4. The molecule has 1 amide bonds. The number of allylic oxidation sites excluding steroid dienone is 5. The molecule has 7 atom stereocenters. The lowest BCUT2D eigenvalue weighted by molar-refractivity contribution is -0.302. The van der Waals surface area contributed by atoms with Gasteiger partial charge in [0.05, 0.1) is 25.4 Å². The zero-order chi connectivity index (χ0) is 65.7. The highest BCUT2D eigenvalue weighted by molar-refractivity contribution is 5.76. The second kappa shape index (κ2) is 71.2. The van der Waals surface area contributed by atoms with Crippen LogP contribution in [-0.4, -0.2) is 87.5 Å². The fourth-order valence-corrected chi connectivity index (χ4v) is 13.4. The van der Waals surface area contributed by atoms with Crippen molar-refractivity contribution in [2.24, 2.45) is 0 Å². The summed E-state index contributed by atoms with van der Waals surface area (Å²) in [6.45, 7) is 3.83. The topological polar surface area (TPSA) is 149 Å². The Morgan fingerprint density at radius 1 is 0.363 bits per heavy atom. The summed E-state index contributed by atoms with van der Waals surface area (Å²) < 4.78 is 11.3. The van der Waals surface area contributed by atoms with Crippen molar-refractivity contribution in [1.29, 1.82) is 0 Å². The van der Waals surface area contributed by atoms with Gasteiger partial charge >= 0.3 is 0 Å². The zero-order valence-electron chi connectivity index (χ0n) is 60.6. The highest BCUT2D eigenvalue weighted by atomic mass is 16.7. The van der Waals surface area contributed by atoms with Crippen LogP contribution >= 0.6 is 0 Å². The number of aliphatic hydroxyl groups excluding tert-OH is 5. The Kier molecular flexibility index (Phi) is 68.4. The molecule has 1 saturated heterocycles. The molecule has 1 rings (SSSR count). The van der Waals surface area contributed by atoms with Crippen molar-refractivity contribution in [2.75, 3.05) is 13.2 Å². The maximum Gasteiger partial charge on any atom is 0.220 e. The number of amides is 1. The molecule has 9 nitrogen and oxygen atoms in total. The molecule has 0 bridgehead atoms. The molecule has 1 fully saturated rings. The standard InChI is InChI=1S/C82H157NO8/c1-3-5-7-9-11-13-15-17-19-21-23-25-27-29-31-33-35-37-38-39-40-42-44-46-48-50-52-54-56-58-60-62-64-66-68-70-72-78(86)83-75(74-90-82-81(89)80(88)79(87)77(73-84)91-82)76(85)71-69-67-65-63-61-59-57-55-53-51-49-47-45-43-41-36-34-32-30-28-26-24-22-20-18-16-14-12-10-8-6-4-2/h53,55,61,63,69,71,75-77,79-82,84-85,87-89H,3-52,54,56-60,62,64-68,70,72-74H2,1-2H3,(H,83,86)/b55-53+,63-61+,71-69+. The Labute approximate surface area is 565 Å². The monoisotopic (exact) mass is 1280 g/mol. The van der Waals surface area contributed by atoms with E-state index in [0.717, 1.165) is 44.9 Å². The van der Waals surface area contributed by atoms with Gasteiger partial charge in [-0.2, -0.15) is 0 Å². The third kappa shape index (κ3) is 59.4. The number of carbonyl (C=O) groups excluding carboxylic acids is 1. The smallest absolute Gasteiger partial charge is 0.220 e. The molecule has 0 spiro atoms. The van der Waals surface area contributed by atoms with Gasteiger partial charge in [0.1, 0.15) is 24.4 Å². The third-order valence-corrected chi connectivity index (χ3v) is 19.7. The summed E-state index contributed by atoms with van der Waals surface area (Å²) in [6.07, 6.45) is 90.3. The lowest BCUT2D eigenvalue weighted by Crippen LogP contribution is -2.60. The van der Waals surface area contributed by atoms with E-state index >= 15 is 0 Å². The predicted octanol–water partition coefficient (Wildman–Crippen LogP) is 23.3. The van der Waals surface area contributed by atoms with E-state index in [1.165, 1.54) is 360 Å². The van der Waals surface area contributed by atoms with Crippen molar-refractivity contribution in [3.8, 4) is 0 Å². The quantitative estimate of drug-likeness (QED) is 0.0261. The van der Waals surface area contributed by atoms with E-state index < -0.39 is 49.5 Å². The van der Waals surface area contributed by atoms with Crippen molar-refractivity contribution in [3.05, 3.63) is 36.5 Å². The fraction of sp³-hybridized carbons (Fsp3) is 0.915. The van der Waals surface area contributed by atoms with Gasteiger partial charge in [0.25, 0.3) is 0 Å². The highest BCUT2D eigenvalue weighted by Gasteiger charge is 2.44. The number of aliphatic hydroxyl groups is 5. The fourth-order valence-electron chi connectivity index (χ4n) is 13.4. The van der Waals surface area contributed by atoms with Gasteiger partial charge in [-0.25, -0.2) is 0 Å². The van der Waals surface area contributed by atoms with E-state index in [1.807, 2.05) is 6.08 Å². The molecule has 0 aromatic heterocycles. The first-order valence-corrected chi connectivity index (χ1v) is 40.7. The summed E-state index contributed by atoms with van der Waals surface area (Å²) >= 11 is 0. The SMILES string of the molecule is CCCCCCCCCCCCCCCCCCCCCCCC/C=C/CC/C=C/CC/C=C/C(O)C(COC1OC(CO)C(O)C(O)C1O)NC(=O)CCCCCCCCCCCCCCCCCCCCCCCCCCCCCCCCCCCCCC. The van der Waals surface area contributed by atoms with Crippen LogP contribution in [0, 0.1) is 0 Å². The third-order valence-electron chi connectivity index (χ3n) is 19.7. The Hall–Kier alpha value is -1.59. The van der Waals surface area contributed by atoms with Crippen molar-refractivity contribution < 1.29 is 39.8 Å². The molecule has 0 aliphatic carbocycles. The van der Waals surface area contributed by atoms with Crippen LogP contribution in [0.1, 0.15) is 425 Å². The summed E-state index contributed by atoms with van der Waals surface area (Å²) in [5.41, 5.74) is 0. The van der Waals surface area contributed by atoms with Crippen LogP contribution < -0.4 is 5.32 Å². The number of hydrogen-bond donors (Lipinski definition) is 6. The lowest BCUT2D eigenvalue weighted by atomic mass is 9.99. The summed E-state index contributed by atoms with van der Waals surface area (Å²) in [4.78, 5) is 13.2. The number of ether oxygens (including phenoxy) is 2. The minimum atomic E-state index is -1.58. The van der Waals surface area contributed by atoms with Gasteiger partial charge in [0.2, 0.25) is 5.91 Å². The van der Waals surface area contributed by atoms with Gasteiger partial charge in [-0.1, -0.05) is 410 Å². The normalized spacial score (nSPS) is 17.8. The minimum Gasteiger partial charge on any atom is -0.394 e. The average molecular weight is 1290 g/mol. The molecular formula is C82H157NO8. The molecule has 0 aromatic rings. The largest absolute Gasteiger partial charge is 0.394 e. The van der Waals surface area contributed by atoms with Gasteiger partial charge in [-0.3, -0.25) is 4.79 Å². The molecule has 7 unspecified atom stereocenters. The van der Waals surface area contributed by atoms with Crippen LogP contribution in [-0.2, 0) is 14.3 Å². The maximum atomic E-state index is 13.2. The first-order chi connectivity index (χ1) is 44.8. The van der Waals surface area contributed by atoms with Crippen LogP contribution in [0.3, 0.4) is 0 Å². The molecule has 0 saturated carbocycles. The van der Waals surface area contributed by atoms with Crippen molar-refractivity contribution in [1.82, 2.24) is 5.32 Å². The van der Waals surface area contributed by atoms with E-state index in [4.69, 9.17) is 9.47 Å². The zero-order valence-corrected chi connectivity index (χ0v) is 60.6. The van der Waals surface area contributed by atoms with Crippen LogP contribution in [0.25, 0.3) is 0 Å². The Morgan fingerprint density at radius 2 is 0.626 bits per heavy atom. The lowest BCUT2D eigenvalue weighted by Gasteiger charge is -2.40. The second-order valence-electron chi connectivity index (χ2n) is 28.6. The van der Waals surface area contributed by atoms with E-state index in [2.05, 4.69) is 43.5 Å². The van der Waals surface area contributed by atoms with Gasteiger partial charge in [-0.05, 0) is 44.9 Å². The Morgan fingerprint density at radius 3 is 0.923 bits per heavy atom. The van der Waals surface area contributed by atoms with Crippen LogP contribution in [0.2, 0.25) is 0 Å². The van der Waals surface area contributed by atoms with Crippen LogP contribution in [0.4, 0.5) is 0 Å². The van der Waals surface area contributed by atoms with Crippen molar-refractivity contribution in [2.45, 2.75) is 468 Å². The number of carbonyl (C=O) groups is 1. The molecule has 6 N–H and O–H groups in total. The van der Waals surface area contributed by atoms with Gasteiger partial charge in [0.15, 0.2) is 6.29 Å². The maximum absolute atomic E-state index is 13.2. The van der Waals surface area contributed by atoms with Crippen LogP contribution in [0.5, 0.6) is 0 Å². The Balaban J connectivity index is 2.08. The highest BCUT2D eigenvalue weighted by Crippen LogP contribution is 2.24. The Bertz CT molecular complexity index is 1540. The second-order valence-corrected chi connectivity index (χ2v) is 28.6. The van der Waals surface area contributed by atoms with E-state index in [1.54, 1.807) is 6.08 Å². The number of nitrogens with one attached hydrogen (secondary N) is 1. The molecule has 0 aromatic carbocycles. The van der Waals surface area contributed by atoms with Crippen molar-refractivity contribution in [3.63, 3.8) is 0 Å². The van der Waals surface area contributed by atoms with Gasteiger partial charge < -0.3 is 40.3 Å². The summed E-state index contributed by atoms with van der Waals surface area (Å²) in [5.74, 6) is -0.181. The summed E-state index contributed by atoms with van der Waals surface area (Å²) in [6, 6.07) is -0.829. The summed E-state index contributed by atoms with van der Waals surface area (Å²) in [5, 5.41) is 54.9. The van der Waals surface area contributed by atoms with Crippen molar-refractivity contribution >= 4 is 5.91 Å². The number of rotatable bonds is 73. The number of unbranched alkanes of at least 4 members (excludes halogenated alkanes) is 59. The van der Waals surface area contributed by atoms with E-state index in [-0.39, 0.29) is 12.5 Å². The predicted molar refractivity (Wildman–Crippen MR) is 392 cm³/mol. The molecule has 9 heteroatoms. The van der Waals surface area contributed by atoms with E-state index in [0.29, 0.717) is 6.42 Å². The number of hydrogen-bond acceptors (Lipinski definition) is 8. The van der Waals surface area contributed by atoms with Gasteiger partial charge in [0, 0.05) is 6.42 Å². The first-order valence-electron chi connectivity index (χ1n) is 40.7. The molecular weight excluding hydrogens is 1130 g/mol. The van der Waals surface area contributed by atoms with Crippen LogP contribution in [0.15, 0.2) is 36.5 Å². The molecule has 1 aliphatic heterocycles. The van der Waals surface area contributed by atoms with E-state index in [9.17, 15) is 30.3 Å². The molecule has 0 radical (unpaired) electrons. The molecule has 538 valence electrons. The molecule has 1 heterocycles.